The zero-order valence-electron chi connectivity index (χ0n) is 6.32. The zero-order valence-corrected chi connectivity index (χ0v) is 6.32. The summed E-state index contributed by atoms with van der Waals surface area (Å²) in [6, 6.07) is 3.66. The van der Waals surface area contributed by atoms with Gasteiger partial charge in [0.25, 0.3) is 0 Å². The van der Waals surface area contributed by atoms with E-state index in [1.807, 2.05) is 12.1 Å². The first-order valence-corrected chi connectivity index (χ1v) is 3.57. The van der Waals surface area contributed by atoms with E-state index < -0.39 is 0 Å². The van der Waals surface area contributed by atoms with Crippen molar-refractivity contribution in [2.45, 2.75) is 6.54 Å². The molecule has 0 saturated carbocycles. The van der Waals surface area contributed by atoms with E-state index in [0.29, 0.717) is 6.54 Å². The van der Waals surface area contributed by atoms with Crippen LogP contribution in [0.1, 0.15) is 5.69 Å². The van der Waals surface area contributed by atoms with Gasteiger partial charge in [-0.2, -0.15) is 5.10 Å². The van der Waals surface area contributed by atoms with Crippen molar-refractivity contribution < 1.29 is 4.52 Å². The third-order valence-electron chi connectivity index (χ3n) is 1.45. The molecular weight excluding hydrogens is 156 g/mol. The van der Waals surface area contributed by atoms with Crippen LogP contribution in [0.2, 0.25) is 0 Å². The third kappa shape index (κ3) is 1.45. The largest absolute Gasteiger partial charge is 0.365 e. The molecule has 2 N–H and O–H groups in total. The smallest absolute Gasteiger partial charge is 0.124 e. The SMILES string of the molecule is c1cc(NCc2ccon2)[nH]n1. The molecule has 0 aliphatic carbocycles. The topological polar surface area (TPSA) is 66.7 Å². The highest BCUT2D eigenvalue weighted by Crippen LogP contribution is 2.01. The number of H-pyrrole nitrogens is 1. The predicted molar refractivity (Wildman–Crippen MR) is 42.4 cm³/mol. The average molecular weight is 164 g/mol. The Bertz CT molecular complexity index is 279. The first kappa shape index (κ1) is 6.90. The molecule has 2 aromatic heterocycles. The quantitative estimate of drug-likeness (QED) is 0.710. The summed E-state index contributed by atoms with van der Waals surface area (Å²) in [5, 5.41) is 13.4. The Morgan fingerprint density at radius 3 is 3.17 bits per heavy atom. The molecule has 0 spiro atoms. The number of aromatic nitrogens is 3. The lowest BCUT2D eigenvalue weighted by molar-refractivity contribution is 0.412. The van der Waals surface area contributed by atoms with E-state index >= 15 is 0 Å². The van der Waals surface area contributed by atoms with Gasteiger partial charge in [0.1, 0.15) is 17.8 Å². The summed E-state index contributed by atoms with van der Waals surface area (Å²) in [5.41, 5.74) is 0.865. The minimum absolute atomic E-state index is 0.638. The van der Waals surface area contributed by atoms with Gasteiger partial charge in [-0.1, -0.05) is 5.16 Å². The van der Waals surface area contributed by atoms with Crippen molar-refractivity contribution in [2.24, 2.45) is 0 Å². The van der Waals surface area contributed by atoms with Crippen LogP contribution in [0.25, 0.3) is 0 Å². The number of nitrogens with zero attached hydrogens (tertiary/aromatic N) is 2. The summed E-state index contributed by atoms with van der Waals surface area (Å²) in [6.45, 7) is 0.638. The highest BCUT2D eigenvalue weighted by Gasteiger charge is 1.95. The molecule has 12 heavy (non-hydrogen) atoms. The third-order valence-corrected chi connectivity index (χ3v) is 1.45. The number of nitrogens with one attached hydrogen (secondary N) is 2. The number of aromatic amines is 1. The van der Waals surface area contributed by atoms with Gasteiger partial charge in [-0.3, -0.25) is 5.10 Å². The van der Waals surface area contributed by atoms with Crippen molar-refractivity contribution >= 4 is 5.82 Å². The highest BCUT2D eigenvalue weighted by molar-refractivity contribution is 5.31. The molecule has 0 radical (unpaired) electrons. The second kappa shape index (κ2) is 3.08. The molecule has 5 nitrogen and oxygen atoms in total. The number of hydrogen-bond acceptors (Lipinski definition) is 4. The molecule has 0 amide bonds. The molecule has 0 bridgehead atoms. The Kier molecular flexibility index (Phi) is 1.77. The van der Waals surface area contributed by atoms with Gasteiger partial charge in [0.2, 0.25) is 0 Å². The van der Waals surface area contributed by atoms with Crippen molar-refractivity contribution in [1.29, 1.82) is 0 Å². The Labute approximate surface area is 68.8 Å². The molecule has 0 fully saturated rings. The number of anilines is 1. The van der Waals surface area contributed by atoms with Crippen LogP contribution in [0, 0.1) is 0 Å². The van der Waals surface area contributed by atoms with Gasteiger partial charge in [0, 0.05) is 6.07 Å². The molecule has 62 valence electrons. The number of rotatable bonds is 3. The van der Waals surface area contributed by atoms with Crippen LogP contribution >= 0.6 is 0 Å². The molecule has 2 aromatic rings. The molecular formula is C7H8N4O. The van der Waals surface area contributed by atoms with Gasteiger partial charge < -0.3 is 9.84 Å². The minimum Gasteiger partial charge on any atom is -0.365 e. The zero-order chi connectivity index (χ0) is 8.23. The van der Waals surface area contributed by atoms with E-state index in [1.165, 1.54) is 0 Å². The van der Waals surface area contributed by atoms with Gasteiger partial charge >= 0.3 is 0 Å². The van der Waals surface area contributed by atoms with Crippen LogP contribution in [0.3, 0.4) is 0 Å². The summed E-state index contributed by atoms with van der Waals surface area (Å²) >= 11 is 0. The fraction of sp³-hybridized carbons (Fsp3) is 0.143. The summed E-state index contributed by atoms with van der Waals surface area (Å²) in [6.07, 6.45) is 3.23. The van der Waals surface area contributed by atoms with E-state index in [9.17, 15) is 0 Å². The highest BCUT2D eigenvalue weighted by atomic mass is 16.5. The molecule has 0 unspecified atom stereocenters. The van der Waals surface area contributed by atoms with Gasteiger partial charge in [0.15, 0.2) is 0 Å². The van der Waals surface area contributed by atoms with Gasteiger partial charge in [0.05, 0.1) is 12.7 Å². The molecule has 2 rings (SSSR count). The van der Waals surface area contributed by atoms with E-state index in [2.05, 4.69) is 25.2 Å². The van der Waals surface area contributed by atoms with Gasteiger partial charge in [-0.05, 0) is 6.07 Å². The lowest BCUT2D eigenvalue weighted by atomic mass is 10.4. The maximum absolute atomic E-state index is 4.67. The maximum Gasteiger partial charge on any atom is 0.124 e. The summed E-state index contributed by atoms with van der Waals surface area (Å²) in [7, 11) is 0. The van der Waals surface area contributed by atoms with E-state index in [-0.39, 0.29) is 0 Å². The first-order valence-electron chi connectivity index (χ1n) is 3.57. The van der Waals surface area contributed by atoms with E-state index in [4.69, 9.17) is 0 Å². The van der Waals surface area contributed by atoms with Crippen LogP contribution in [-0.4, -0.2) is 15.4 Å². The van der Waals surface area contributed by atoms with Crippen LogP contribution in [0.5, 0.6) is 0 Å². The van der Waals surface area contributed by atoms with Crippen molar-refractivity contribution in [3.05, 3.63) is 30.3 Å². The van der Waals surface area contributed by atoms with E-state index in [0.717, 1.165) is 11.5 Å². The van der Waals surface area contributed by atoms with Crippen molar-refractivity contribution in [2.75, 3.05) is 5.32 Å². The Hall–Kier alpha value is -1.78. The number of hydrogen-bond donors (Lipinski definition) is 2. The fourth-order valence-electron chi connectivity index (χ4n) is 0.869. The molecule has 0 aromatic carbocycles. The second-order valence-electron chi connectivity index (χ2n) is 2.31. The van der Waals surface area contributed by atoms with Crippen molar-refractivity contribution in [1.82, 2.24) is 15.4 Å². The average Bonchev–Trinajstić information content (AvgIpc) is 2.74. The predicted octanol–water partition coefficient (Wildman–Crippen LogP) is 1.01. The van der Waals surface area contributed by atoms with E-state index in [1.54, 1.807) is 12.5 Å². The minimum atomic E-state index is 0.638. The lowest BCUT2D eigenvalue weighted by Gasteiger charge is -1.97. The van der Waals surface area contributed by atoms with Crippen LogP contribution in [-0.2, 0) is 6.54 Å². The Morgan fingerprint density at radius 2 is 2.50 bits per heavy atom. The molecule has 0 saturated heterocycles. The van der Waals surface area contributed by atoms with Crippen LogP contribution in [0.4, 0.5) is 5.82 Å². The second-order valence-corrected chi connectivity index (χ2v) is 2.31. The van der Waals surface area contributed by atoms with Crippen molar-refractivity contribution in [3.63, 3.8) is 0 Å². The standard InChI is InChI=1S/C7H8N4O/c1-3-9-10-7(1)8-5-6-2-4-12-11-6/h1-4H,5H2,(H2,8,9,10). The van der Waals surface area contributed by atoms with Gasteiger partial charge in [-0.25, -0.2) is 0 Å². The van der Waals surface area contributed by atoms with Gasteiger partial charge in [-0.15, -0.1) is 0 Å². The Balaban J connectivity index is 1.91. The summed E-state index contributed by atoms with van der Waals surface area (Å²) in [4.78, 5) is 0. The maximum atomic E-state index is 4.67. The Morgan fingerprint density at radius 1 is 1.50 bits per heavy atom. The summed E-state index contributed by atoms with van der Waals surface area (Å²) < 4.78 is 4.67. The fourth-order valence-corrected chi connectivity index (χ4v) is 0.869. The molecule has 2 heterocycles. The monoisotopic (exact) mass is 164 g/mol. The van der Waals surface area contributed by atoms with Crippen LogP contribution in [0.15, 0.2) is 29.1 Å². The molecule has 5 heteroatoms. The van der Waals surface area contributed by atoms with Crippen LogP contribution < -0.4 is 5.32 Å². The molecule has 0 aliphatic heterocycles. The van der Waals surface area contributed by atoms with Crippen molar-refractivity contribution in [3.8, 4) is 0 Å². The first-order chi connectivity index (χ1) is 5.95. The lowest BCUT2D eigenvalue weighted by Crippen LogP contribution is -1.99. The molecule has 0 atom stereocenters. The summed E-state index contributed by atoms with van der Waals surface area (Å²) in [5.74, 6) is 0.873. The molecule has 0 aliphatic rings. The normalized spacial score (nSPS) is 10.0.